The fourth-order valence-electron chi connectivity index (χ4n) is 1.67. The summed E-state index contributed by atoms with van der Waals surface area (Å²) in [4.78, 5) is 0. The van der Waals surface area contributed by atoms with E-state index < -0.39 is 0 Å². The molecule has 1 heteroatoms. The van der Waals surface area contributed by atoms with Crippen LogP contribution < -0.4 is 5.73 Å². The van der Waals surface area contributed by atoms with Gasteiger partial charge in [-0.25, -0.2) is 0 Å². The van der Waals surface area contributed by atoms with Gasteiger partial charge < -0.3 is 5.73 Å². The standard InChI is InChI=1S/C13H21N/c1-10(2)8-9-13(14)12-7-5-4-6-11(12)3/h4-7,10,13H,8-9,14H2,1-3H3/t13-/m0/s1. The molecular formula is C13H21N. The van der Waals surface area contributed by atoms with Gasteiger partial charge in [0.1, 0.15) is 0 Å². The zero-order chi connectivity index (χ0) is 10.6. The summed E-state index contributed by atoms with van der Waals surface area (Å²) in [6.45, 7) is 6.61. The van der Waals surface area contributed by atoms with E-state index in [4.69, 9.17) is 5.73 Å². The van der Waals surface area contributed by atoms with Crippen LogP contribution in [0, 0.1) is 12.8 Å². The molecule has 1 aromatic rings. The van der Waals surface area contributed by atoms with E-state index in [9.17, 15) is 0 Å². The van der Waals surface area contributed by atoms with Gasteiger partial charge in [-0.1, -0.05) is 38.1 Å². The summed E-state index contributed by atoms with van der Waals surface area (Å²) < 4.78 is 0. The van der Waals surface area contributed by atoms with Crippen molar-refractivity contribution in [1.29, 1.82) is 0 Å². The Hall–Kier alpha value is -0.820. The highest BCUT2D eigenvalue weighted by Crippen LogP contribution is 2.21. The molecule has 1 rings (SSSR count). The predicted octanol–water partition coefficient (Wildman–Crippen LogP) is 3.43. The Morgan fingerprint density at radius 2 is 1.79 bits per heavy atom. The first-order chi connectivity index (χ1) is 6.61. The third-order valence-corrected chi connectivity index (χ3v) is 2.64. The van der Waals surface area contributed by atoms with E-state index in [1.807, 2.05) is 0 Å². The molecule has 0 fully saturated rings. The first kappa shape index (κ1) is 11.3. The van der Waals surface area contributed by atoms with Crippen LogP contribution in [0.3, 0.4) is 0 Å². The molecule has 0 saturated heterocycles. The maximum Gasteiger partial charge on any atom is 0.0297 e. The number of nitrogens with two attached hydrogens (primary N) is 1. The van der Waals surface area contributed by atoms with E-state index in [1.165, 1.54) is 17.5 Å². The summed E-state index contributed by atoms with van der Waals surface area (Å²) in [6, 6.07) is 8.61. The smallest absolute Gasteiger partial charge is 0.0297 e. The topological polar surface area (TPSA) is 26.0 Å². The van der Waals surface area contributed by atoms with Crippen LogP contribution in [0.25, 0.3) is 0 Å². The molecule has 0 spiro atoms. The van der Waals surface area contributed by atoms with E-state index in [0.717, 1.165) is 12.3 Å². The van der Waals surface area contributed by atoms with Crippen LogP contribution in [0.5, 0.6) is 0 Å². The van der Waals surface area contributed by atoms with Crippen molar-refractivity contribution < 1.29 is 0 Å². The van der Waals surface area contributed by atoms with E-state index in [2.05, 4.69) is 45.0 Å². The lowest BCUT2D eigenvalue weighted by molar-refractivity contribution is 0.506. The Balaban J connectivity index is 2.60. The molecular weight excluding hydrogens is 170 g/mol. The minimum Gasteiger partial charge on any atom is -0.324 e. The van der Waals surface area contributed by atoms with Gasteiger partial charge in [0, 0.05) is 6.04 Å². The van der Waals surface area contributed by atoms with Gasteiger partial charge in [0.05, 0.1) is 0 Å². The van der Waals surface area contributed by atoms with E-state index in [-0.39, 0.29) is 6.04 Å². The zero-order valence-electron chi connectivity index (χ0n) is 9.46. The van der Waals surface area contributed by atoms with Crippen molar-refractivity contribution in [2.45, 2.75) is 39.7 Å². The average molecular weight is 191 g/mol. The lowest BCUT2D eigenvalue weighted by atomic mass is 9.95. The fraction of sp³-hybridized carbons (Fsp3) is 0.538. The minimum absolute atomic E-state index is 0.207. The Bertz CT molecular complexity index is 278. The molecule has 14 heavy (non-hydrogen) atoms. The molecule has 0 aliphatic carbocycles. The average Bonchev–Trinajstić information content (AvgIpc) is 2.15. The highest BCUT2D eigenvalue weighted by atomic mass is 14.6. The van der Waals surface area contributed by atoms with Crippen LogP contribution in [-0.2, 0) is 0 Å². The van der Waals surface area contributed by atoms with Crippen LogP contribution in [0.1, 0.15) is 43.9 Å². The second-order valence-corrected chi connectivity index (χ2v) is 4.43. The first-order valence-corrected chi connectivity index (χ1v) is 5.42. The normalized spacial score (nSPS) is 13.2. The molecule has 0 aliphatic rings. The fourth-order valence-corrected chi connectivity index (χ4v) is 1.67. The van der Waals surface area contributed by atoms with Gasteiger partial charge in [0.2, 0.25) is 0 Å². The van der Waals surface area contributed by atoms with Crippen molar-refractivity contribution >= 4 is 0 Å². The molecule has 0 unspecified atom stereocenters. The second kappa shape index (κ2) is 5.16. The van der Waals surface area contributed by atoms with Crippen molar-refractivity contribution in [2.75, 3.05) is 0 Å². The molecule has 1 aromatic carbocycles. The third kappa shape index (κ3) is 3.15. The molecule has 78 valence electrons. The molecule has 0 aliphatic heterocycles. The zero-order valence-corrected chi connectivity index (χ0v) is 9.46. The van der Waals surface area contributed by atoms with Gasteiger partial charge in [0.15, 0.2) is 0 Å². The number of rotatable bonds is 4. The maximum absolute atomic E-state index is 6.14. The summed E-state index contributed by atoms with van der Waals surface area (Å²) >= 11 is 0. The number of benzene rings is 1. The molecule has 0 saturated carbocycles. The molecule has 0 amide bonds. The highest BCUT2D eigenvalue weighted by molar-refractivity contribution is 5.28. The van der Waals surface area contributed by atoms with E-state index >= 15 is 0 Å². The van der Waals surface area contributed by atoms with Crippen LogP contribution >= 0.6 is 0 Å². The second-order valence-electron chi connectivity index (χ2n) is 4.43. The summed E-state index contributed by atoms with van der Waals surface area (Å²) in [6.07, 6.45) is 2.29. The summed E-state index contributed by atoms with van der Waals surface area (Å²) in [7, 11) is 0. The molecule has 0 heterocycles. The van der Waals surface area contributed by atoms with Crippen LogP contribution in [0.2, 0.25) is 0 Å². The lowest BCUT2D eigenvalue weighted by Crippen LogP contribution is -2.12. The van der Waals surface area contributed by atoms with Crippen LogP contribution in [-0.4, -0.2) is 0 Å². The largest absolute Gasteiger partial charge is 0.324 e. The van der Waals surface area contributed by atoms with Crippen LogP contribution in [0.4, 0.5) is 0 Å². The quantitative estimate of drug-likeness (QED) is 0.775. The Morgan fingerprint density at radius 1 is 1.14 bits per heavy atom. The lowest BCUT2D eigenvalue weighted by Gasteiger charge is -2.15. The van der Waals surface area contributed by atoms with Gasteiger partial charge in [-0.2, -0.15) is 0 Å². The van der Waals surface area contributed by atoms with Gasteiger partial charge in [-0.3, -0.25) is 0 Å². The van der Waals surface area contributed by atoms with Gasteiger partial charge >= 0.3 is 0 Å². The Morgan fingerprint density at radius 3 is 2.36 bits per heavy atom. The molecule has 0 aromatic heterocycles. The van der Waals surface area contributed by atoms with E-state index in [1.54, 1.807) is 0 Å². The van der Waals surface area contributed by atoms with Gasteiger partial charge in [-0.05, 0) is 36.8 Å². The van der Waals surface area contributed by atoms with Crippen molar-refractivity contribution in [3.8, 4) is 0 Å². The summed E-state index contributed by atoms with van der Waals surface area (Å²) in [5, 5.41) is 0. The highest BCUT2D eigenvalue weighted by Gasteiger charge is 2.08. The number of aryl methyl sites for hydroxylation is 1. The SMILES string of the molecule is Cc1ccccc1[C@@H](N)CCC(C)C. The number of hydrogen-bond acceptors (Lipinski definition) is 1. The number of hydrogen-bond donors (Lipinski definition) is 1. The van der Waals surface area contributed by atoms with Gasteiger partial charge in [0.25, 0.3) is 0 Å². The molecule has 2 N–H and O–H groups in total. The predicted molar refractivity (Wildman–Crippen MR) is 62.2 cm³/mol. The van der Waals surface area contributed by atoms with Crippen molar-refractivity contribution in [3.05, 3.63) is 35.4 Å². The summed E-state index contributed by atoms with van der Waals surface area (Å²) in [5.74, 6) is 0.741. The Kier molecular flexibility index (Phi) is 4.15. The molecule has 0 radical (unpaired) electrons. The molecule has 0 bridgehead atoms. The van der Waals surface area contributed by atoms with Crippen LogP contribution in [0.15, 0.2) is 24.3 Å². The third-order valence-electron chi connectivity index (χ3n) is 2.64. The van der Waals surface area contributed by atoms with Crippen molar-refractivity contribution in [1.82, 2.24) is 0 Å². The maximum atomic E-state index is 6.14. The summed E-state index contributed by atoms with van der Waals surface area (Å²) in [5.41, 5.74) is 8.75. The molecule has 1 atom stereocenters. The first-order valence-electron chi connectivity index (χ1n) is 5.42. The van der Waals surface area contributed by atoms with Gasteiger partial charge in [-0.15, -0.1) is 0 Å². The van der Waals surface area contributed by atoms with Crippen molar-refractivity contribution in [3.63, 3.8) is 0 Å². The Labute approximate surface area is 87.3 Å². The monoisotopic (exact) mass is 191 g/mol. The van der Waals surface area contributed by atoms with E-state index in [0.29, 0.717) is 0 Å². The minimum atomic E-state index is 0.207. The van der Waals surface area contributed by atoms with Crippen molar-refractivity contribution in [2.24, 2.45) is 11.7 Å². The molecule has 1 nitrogen and oxygen atoms in total.